The van der Waals surface area contributed by atoms with Gasteiger partial charge in [-0.05, 0) is 24.4 Å². The molecule has 0 heterocycles. The molecule has 1 aromatic rings. The summed E-state index contributed by atoms with van der Waals surface area (Å²) < 4.78 is 4.95. The highest BCUT2D eigenvalue weighted by Gasteiger charge is 2.00. The first-order valence-corrected chi connectivity index (χ1v) is 5.03. The van der Waals surface area contributed by atoms with Crippen LogP contribution in [0.5, 0.6) is 0 Å². The maximum atomic E-state index is 5.42. The van der Waals surface area contributed by atoms with E-state index < -0.39 is 0 Å². The minimum absolute atomic E-state index is 0.260. The Morgan fingerprint density at radius 2 is 2.07 bits per heavy atom. The van der Waals surface area contributed by atoms with Gasteiger partial charge in [0.25, 0.3) is 0 Å². The summed E-state index contributed by atoms with van der Waals surface area (Å²) in [5, 5.41) is 6.38. The maximum absolute atomic E-state index is 5.42. The molecular formula is C10H15N3OS. The largest absolute Gasteiger partial charge is 0.383 e. The summed E-state index contributed by atoms with van der Waals surface area (Å²) >= 11 is 4.79. The molecule has 0 fully saturated rings. The molecule has 0 aliphatic rings. The van der Waals surface area contributed by atoms with Gasteiger partial charge in [0.15, 0.2) is 5.11 Å². The lowest BCUT2D eigenvalue weighted by atomic mass is 10.2. The summed E-state index contributed by atoms with van der Waals surface area (Å²) in [6.07, 6.45) is 0. The number of benzene rings is 1. The molecule has 15 heavy (non-hydrogen) atoms. The first-order valence-electron chi connectivity index (χ1n) is 4.62. The summed E-state index contributed by atoms with van der Waals surface area (Å²) in [4.78, 5) is 0. The fourth-order valence-corrected chi connectivity index (χ4v) is 1.28. The number of nitrogens with two attached hydrogens (primary N) is 1. The van der Waals surface area contributed by atoms with Gasteiger partial charge in [-0.15, -0.1) is 0 Å². The van der Waals surface area contributed by atoms with Crippen LogP contribution < -0.4 is 16.4 Å². The molecule has 82 valence electrons. The lowest BCUT2D eigenvalue weighted by molar-refractivity contribution is 0.211. The average Bonchev–Trinajstić information content (AvgIpc) is 2.20. The fourth-order valence-electron chi connectivity index (χ4n) is 1.17. The summed E-state index contributed by atoms with van der Waals surface area (Å²) in [5.41, 5.74) is 7.25. The van der Waals surface area contributed by atoms with Crippen LogP contribution >= 0.6 is 12.2 Å². The van der Waals surface area contributed by atoms with Crippen LogP contribution in [0, 0.1) is 0 Å². The van der Waals surface area contributed by atoms with Crippen LogP contribution in [0.3, 0.4) is 0 Å². The van der Waals surface area contributed by atoms with Crippen LogP contribution in [-0.4, -0.2) is 25.4 Å². The number of ether oxygens (including phenoxy) is 1. The molecule has 5 heteroatoms. The van der Waals surface area contributed by atoms with Crippen LogP contribution in [0.4, 0.5) is 11.4 Å². The topological polar surface area (TPSA) is 59.3 Å². The molecule has 0 bridgehead atoms. The van der Waals surface area contributed by atoms with Gasteiger partial charge in [-0.3, -0.25) is 0 Å². The van der Waals surface area contributed by atoms with E-state index in [4.69, 9.17) is 22.7 Å². The molecule has 0 saturated carbocycles. The van der Waals surface area contributed by atoms with Crippen LogP contribution in [0.25, 0.3) is 0 Å². The highest BCUT2D eigenvalue weighted by atomic mass is 32.1. The molecule has 0 aliphatic heterocycles. The second-order valence-corrected chi connectivity index (χ2v) is 3.39. The average molecular weight is 225 g/mol. The zero-order valence-electron chi connectivity index (χ0n) is 8.62. The van der Waals surface area contributed by atoms with Crippen LogP contribution in [0.15, 0.2) is 24.3 Å². The molecule has 1 aromatic carbocycles. The van der Waals surface area contributed by atoms with Crippen LogP contribution in [0.2, 0.25) is 0 Å². The van der Waals surface area contributed by atoms with E-state index in [1.165, 1.54) is 0 Å². The van der Waals surface area contributed by atoms with Gasteiger partial charge in [-0.1, -0.05) is 12.1 Å². The summed E-state index contributed by atoms with van der Waals surface area (Å²) in [7, 11) is 1.67. The van der Waals surface area contributed by atoms with Crippen LogP contribution in [-0.2, 0) is 4.74 Å². The molecule has 4 N–H and O–H groups in total. The molecule has 0 atom stereocenters. The molecule has 4 nitrogen and oxygen atoms in total. The van der Waals surface area contributed by atoms with Gasteiger partial charge in [0.2, 0.25) is 0 Å². The number of anilines is 2. The lowest BCUT2D eigenvalue weighted by Crippen LogP contribution is -2.20. The maximum Gasteiger partial charge on any atom is 0.168 e. The third kappa shape index (κ3) is 4.14. The highest BCUT2D eigenvalue weighted by Crippen LogP contribution is 2.20. The Bertz CT molecular complexity index is 330. The Labute approximate surface area is 94.8 Å². The van der Waals surface area contributed by atoms with Crippen molar-refractivity contribution in [3.63, 3.8) is 0 Å². The molecule has 0 radical (unpaired) electrons. The molecule has 0 unspecified atom stereocenters. The van der Waals surface area contributed by atoms with E-state index in [9.17, 15) is 0 Å². The smallest absolute Gasteiger partial charge is 0.168 e. The summed E-state index contributed by atoms with van der Waals surface area (Å²) in [6, 6.07) is 7.73. The lowest BCUT2D eigenvalue weighted by Gasteiger charge is -2.12. The van der Waals surface area contributed by atoms with Crippen molar-refractivity contribution in [3.8, 4) is 0 Å². The van der Waals surface area contributed by atoms with Crippen LogP contribution in [0.1, 0.15) is 0 Å². The number of thiocarbonyl (C=S) groups is 1. The molecular weight excluding hydrogens is 210 g/mol. The van der Waals surface area contributed by atoms with Crippen molar-refractivity contribution in [1.29, 1.82) is 0 Å². The van der Waals surface area contributed by atoms with E-state index >= 15 is 0 Å². The van der Waals surface area contributed by atoms with Crippen molar-refractivity contribution < 1.29 is 4.74 Å². The zero-order chi connectivity index (χ0) is 11.1. The normalized spacial score (nSPS) is 9.67. The predicted molar refractivity (Wildman–Crippen MR) is 67.2 cm³/mol. The number of para-hydroxylation sites is 2. The van der Waals surface area contributed by atoms with E-state index in [2.05, 4.69) is 10.6 Å². The van der Waals surface area contributed by atoms with E-state index in [0.29, 0.717) is 6.61 Å². The van der Waals surface area contributed by atoms with Crippen molar-refractivity contribution in [2.75, 3.05) is 30.9 Å². The van der Waals surface area contributed by atoms with Gasteiger partial charge in [0, 0.05) is 13.7 Å². The fraction of sp³-hybridized carbons (Fsp3) is 0.300. The molecule has 0 saturated heterocycles. The number of hydrogen-bond acceptors (Lipinski definition) is 3. The van der Waals surface area contributed by atoms with Crippen molar-refractivity contribution in [3.05, 3.63) is 24.3 Å². The minimum atomic E-state index is 0.260. The van der Waals surface area contributed by atoms with Crippen molar-refractivity contribution in [1.82, 2.24) is 0 Å². The standard InChI is InChI=1S/C10H15N3OS/c1-14-7-6-12-8-4-2-3-5-9(8)13-10(11)15/h2-5,12H,6-7H2,1H3,(H3,11,13,15). The van der Waals surface area contributed by atoms with Crippen molar-refractivity contribution in [2.45, 2.75) is 0 Å². The SMILES string of the molecule is COCCNc1ccccc1NC(N)=S. The van der Waals surface area contributed by atoms with E-state index in [0.717, 1.165) is 17.9 Å². The molecule has 0 aromatic heterocycles. The Balaban J connectivity index is 2.64. The molecule has 0 aliphatic carbocycles. The van der Waals surface area contributed by atoms with Gasteiger partial charge >= 0.3 is 0 Å². The quantitative estimate of drug-likeness (QED) is 0.522. The zero-order valence-corrected chi connectivity index (χ0v) is 9.43. The van der Waals surface area contributed by atoms with E-state index in [1.807, 2.05) is 24.3 Å². The third-order valence-corrected chi connectivity index (χ3v) is 1.91. The van der Waals surface area contributed by atoms with Gasteiger partial charge in [0.05, 0.1) is 18.0 Å². The second kappa shape index (κ2) is 6.21. The van der Waals surface area contributed by atoms with Gasteiger partial charge in [0.1, 0.15) is 0 Å². The Kier molecular flexibility index (Phi) is 4.86. The monoisotopic (exact) mass is 225 g/mol. The molecule has 0 amide bonds. The van der Waals surface area contributed by atoms with Gasteiger partial charge in [-0.25, -0.2) is 0 Å². The van der Waals surface area contributed by atoms with Crippen molar-refractivity contribution >= 4 is 28.7 Å². The van der Waals surface area contributed by atoms with E-state index in [-0.39, 0.29) is 5.11 Å². The number of methoxy groups -OCH3 is 1. The number of rotatable bonds is 5. The Morgan fingerprint density at radius 1 is 1.40 bits per heavy atom. The highest BCUT2D eigenvalue weighted by molar-refractivity contribution is 7.80. The van der Waals surface area contributed by atoms with Gasteiger partial charge < -0.3 is 21.1 Å². The summed E-state index contributed by atoms with van der Waals surface area (Å²) in [6.45, 7) is 1.40. The Hall–Kier alpha value is -1.33. The first-order chi connectivity index (χ1) is 7.24. The number of nitrogens with one attached hydrogen (secondary N) is 2. The Morgan fingerprint density at radius 3 is 2.67 bits per heavy atom. The second-order valence-electron chi connectivity index (χ2n) is 2.95. The third-order valence-electron chi connectivity index (χ3n) is 1.81. The van der Waals surface area contributed by atoms with E-state index in [1.54, 1.807) is 7.11 Å². The number of hydrogen-bond donors (Lipinski definition) is 3. The van der Waals surface area contributed by atoms with Crippen molar-refractivity contribution in [2.24, 2.45) is 5.73 Å². The van der Waals surface area contributed by atoms with Gasteiger partial charge in [-0.2, -0.15) is 0 Å². The molecule has 0 spiro atoms. The minimum Gasteiger partial charge on any atom is -0.383 e. The predicted octanol–water partition coefficient (Wildman–Crippen LogP) is 1.40. The first kappa shape index (κ1) is 11.7. The molecule has 1 rings (SSSR count). The summed E-state index contributed by atoms with van der Waals surface area (Å²) in [5.74, 6) is 0.